The first-order chi connectivity index (χ1) is 9.92. The van der Waals surface area contributed by atoms with Gasteiger partial charge in [0.2, 0.25) is 5.92 Å². The molecule has 0 fully saturated rings. The SMILES string of the molecule is CCOC(=O)C(C(=O)OCC)C(=O)c1ccc(Cl)nc1Cl. The molecule has 0 amide bonds. The van der Waals surface area contributed by atoms with E-state index in [4.69, 9.17) is 32.7 Å². The average molecular weight is 334 g/mol. The molecule has 0 N–H and O–H groups in total. The van der Waals surface area contributed by atoms with Crippen LogP contribution in [0.2, 0.25) is 10.3 Å². The van der Waals surface area contributed by atoms with E-state index in [1.165, 1.54) is 12.1 Å². The fourth-order valence-electron chi connectivity index (χ4n) is 1.51. The Labute approximate surface area is 131 Å². The van der Waals surface area contributed by atoms with E-state index in [0.29, 0.717) is 0 Å². The lowest BCUT2D eigenvalue weighted by Crippen LogP contribution is -2.35. The maximum atomic E-state index is 12.3. The Balaban J connectivity index is 3.15. The predicted molar refractivity (Wildman–Crippen MR) is 75.3 cm³/mol. The van der Waals surface area contributed by atoms with Gasteiger partial charge in [-0.15, -0.1) is 0 Å². The zero-order valence-electron chi connectivity index (χ0n) is 11.4. The number of hydrogen-bond donors (Lipinski definition) is 0. The average Bonchev–Trinajstić information content (AvgIpc) is 2.39. The maximum absolute atomic E-state index is 12.3. The summed E-state index contributed by atoms with van der Waals surface area (Å²) in [5.74, 6) is -4.56. The molecule has 0 aliphatic carbocycles. The van der Waals surface area contributed by atoms with Gasteiger partial charge in [0, 0.05) is 0 Å². The topological polar surface area (TPSA) is 82.6 Å². The van der Waals surface area contributed by atoms with Crippen molar-refractivity contribution < 1.29 is 23.9 Å². The van der Waals surface area contributed by atoms with E-state index in [-0.39, 0.29) is 29.1 Å². The quantitative estimate of drug-likeness (QED) is 0.344. The van der Waals surface area contributed by atoms with Crippen molar-refractivity contribution in [1.29, 1.82) is 0 Å². The van der Waals surface area contributed by atoms with Crippen molar-refractivity contribution in [3.05, 3.63) is 28.0 Å². The van der Waals surface area contributed by atoms with Crippen LogP contribution in [0.4, 0.5) is 0 Å². The number of Topliss-reactive ketones (excluding diaryl/α,β-unsaturated/α-hetero) is 1. The van der Waals surface area contributed by atoms with Gasteiger partial charge < -0.3 is 9.47 Å². The summed E-state index contributed by atoms with van der Waals surface area (Å²) in [6, 6.07) is 2.61. The summed E-state index contributed by atoms with van der Waals surface area (Å²) in [6.07, 6.45) is 0. The van der Waals surface area contributed by atoms with Crippen LogP contribution < -0.4 is 0 Å². The minimum atomic E-state index is -1.73. The van der Waals surface area contributed by atoms with Gasteiger partial charge in [0.15, 0.2) is 5.78 Å². The zero-order chi connectivity index (χ0) is 16.0. The maximum Gasteiger partial charge on any atom is 0.328 e. The summed E-state index contributed by atoms with van der Waals surface area (Å²) in [6.45, 7) is 3.16. The Hall–Kier alpha value is -1.66. The highest BCUT2D eigenvalue weighted by atomic mass is 35.5. The Morgan fingerprint density at radius 3 is 2.05 bits per heavy atom. The smallest absolute Gasteiger partial charge is 0.328 e. The van der Waals surface area contributed by atoms with Gasteiger partial charge in [0.05, 0.1) is 18.8 Å². The summed E-state index contributed by atoms with van der Waals surface area (Å²) in [4.78, 5) is 39.7. The lowest BCUT2D eigenvalue weighted by molar-refractivity contribution is -0.158. The molecule has 6 nitrogen and oxygen atoms in total. The number of rotatable bonds is 6. The van der Waals surface area contributed by atoms with Crippen molar-refractivity contribution in [1.82, 2.24) is 4.98 Å². The Bertz CT molecular complexity index is 543. The van der Waals surface area contributed by atoms with Gasteiger partial charge in [-0.2, -0.15) is 0 Å². The second-order valence-corrected chi connectivity index (χ2v) is 4.52. The van der Waals surface area contributed by atoms with E-state index in [9.17, 15) is 14.4 Å². The molecule has 0 aliphatic heterocycles. The lowest BCUT2D eigenvalue weighted by Gasteiger charge is -2.13. The van der Waals surface area contributed by atoms with Crippen LogP contribution in [0.25, 0.3) is 0 Å². The molecule has 1 aromatic rings. The molecule has 0 saturated carbocycles. The monoisotopic (exact) mass is 333 g/mol. The number of hydrogen-bond acceptors (Lipinski definition) is 6. The number of ketones is 1. The third kappa shape index (κ3) is 4.41. The highest BCUT2D eigenvalue weighted by Crippen LogP contribution is 2.21. The molecule has 0 unspecified atom stereocenters. The first-order valence-corrected chi connectivity index (χ1v) is 6.87. The standard InChI is InChI=1S/C13H13Cl2NO5/c1-3-20-12(18)9(13(19)21-4-2)10(17)7-5-6-8(14)16-11(7)15/h5-6,9H,3-4H2,1-2H3. The fraction of sp³-hybridized carbons (Fsp3) is 0.385. The summed E-state index contributed by atoms with van der Waals surface area (Å²) >= 11 is 11.4. The van der Waals surface area contributed by atoms with Crippen molar-refractivity contribution in [3.63, 3.8) is 0 Å². The van der Waals surface area contributed by atoms with Gasteiger partial charge in [-0.3, -0.25) is 14.4 Å². The number of pyridine rings is 1. The zero-order valence-corrected chi connectivity index (χ0v) is 12.9. The van der Waals surface area contributed by atoms with Crippen LogP contribution in [-0.4, -0.2) is 35.9 Å². The molecule has 0 atom stereocenters. The Morgan fingerprint density at radius 2 is 1.62 bits per heavy atom. The number of halogens is 2. The van der Waals surface area contributed by atoms with E-state index in [1.807, 2.05) is 0 Å². The van der Waals surface area contributed by atoms with Crippen molar-refractivity contribution in [3.8, 4) is 0 Å². The van der Waals surface area contributed by atoms with Crippen LogP contribution in [0.3, 0.4) is 0 Å². The largest absolute Gasteiger partial charge is 0.465 e. The summed E-state index contributed by atoms with van der Waals surface area (Å²) in [5.41, 5.74) is -0.104. The van der Waals surface area contributed by atoms with Crippen molar-refractivity contribution in [2.24, 2.45) is 5.92 Å². The third-order valence-corrected chi connectivity index (χ3v) is 2.89. The molecule has 1 heterocycles. The molecule has 0 bridgehead atoms. The van der Waals surface area contributed by atoms with Crippen molar-refractivity contribution in [2.75, 3.05) is 13.2 Å². The molecule has 0 radical (unpaired) electrons. The van der Waals surface area contributed by atoms with Crippen LogP contribution in [0.15, 0.2) is 12.1 Å². The van der Waals surface area contributed by atoms with Crippen molar-refractivity contribution >= 4 is 40.9 Å². The van der Waals surface area contributed by atoms with Crippen LogP contribution in [0, 0.1) is 5.92 Å². The molecule has 0 spiro atoms. The lowest BCUT2D eigenvalue weighted by atomic mass is 9.99. The van der Waals surface area contributed by atoms with E-state index in [1.54, 1.807) is 13.8 Å². The molecule has 1 rings (SSSR count). The number of carbonyl (C=O) groups is 3. The van der Waals surface area contributed by atoms with Gasteiger partial charge in [0.25, 0.3) is 0 Å². The van der Waals surface area contributed by atoms with Crippen LogP contribution in [0.1, 0.15) is 24.2 Å². The highest BCUT2D eigenvalue weighted by molar-refractivity contribution is 6.36. The van der Waals surface area contributed by atoms with Gasteiger partial charge in [-0.25, -0.2) is 4.98 Å². The van der Waals surface area contributed by atoms with E-state index in [0.717, 1.165) is 0 Å². The first-order valence-electron chi connectivity index (χ1n) is 6.11. The molecule has 0 aromatic carbocycles. The fourth-order valence-corrected chi connectivity index (χ4v) is 1.95. The minimum absolute atomic E-state index is 0.0224. The number of aromatic nitrogens is 1. The van der Waals surface area contributed by atoms with E-state index < -0.39 is 23.6 Å². The highest BCUT2D eigenvalue weighted by Gasteiger charge is 2.38. The Kier molecular flexibility index (Phi) is 6.58. The molecule has 8 heteroatoms. The molecule has 21 heavy (non-hydrogen) atoms. The number of carbonyl (C=O) groups excluding carboxylic acids is 3. The molecule has 0 saturated heterocycles. The number of nitrogens with zero attached hydrogens (tertiary/aromatic N) is 1. The molecular formula is C13H13Cl2NO5. The summed E-state index contributed by atoms with van der Waals surface area (Å²) < 4.78 is 9.46. The van der Waals surface area contributed by atoms with E-state index in [2.05, 4.69) is 4.98 Å². The third-order valence-electron chi connectivity index (χ3n) is 2.39. The van der Waals surface area contributed by atoms with E-state index >= 15 is 0 Å². The van der Waals surface area contributed by atoms with Gasteiger partial charge in [-0.1, -0.05) is 23.2 Å². The normalized spacial score (nSPS) is 10.3. The first kappa shape index (κ1) is 17.4. The minimum Gasteiger partial charge on any atom is -0.465 e. The predicted octanol–water partition coefficient (Wildman–Crippen LogP) is 2.31. The number of esters is 2. The summed E-state index contributed by atoms with van der Waals surface area (Å²) in [5, 5.41) is -0.119. The number of ether oxygens (including phenoxy) is 2. The van der Waals surface area contributed by atoms with Crippen molar-refractivity contribution in [2.45, 2.75) is 13.8 Å². The van der Waals surface area contributed by atoms with Crippen LogP contribution in [0.5, 0.6) is 0 Å². The Morgan fingerprint density at radius 1 is 1.10 bits per heavy atom. The molecule has 114 valence electrons. The molecular weight excluding hydrogens is 321 g/mol. The molecule has 1 aromatic heterocycles. The van der Waals surface area contributed by atoms with Gasteiger partial charge in [0.1, 0.15) is 10.3 Å². The second-order valence-electron chi connectivity index (χ2n) is 3.77. The molecule has 0 aliphatic rings. The van der Waals surface area contributed by atoms with Gasteiger partial charge in [-0.05, 0) is 26.0 Å². The van der Waals surface area contributed by atoms with Crippen LogP contribution in [-0.2, 0) is 19.1 Å². The van der Waals surface area contributed by atoms with Gasteiger partial charge >= 0.3 is 11.9 Å². The van der Waals surface area contributed by atoms with Crippen LogP contribution >= 0.6 is 23.2 Å². The summed E-state index contributed by atoms with van der Waals surface area (Å²) in [7, 11) is 0. The second kappa shape index (κ2) is 7.95.